The molecule has 1 aliphatic rings. The van der Waals surface area contributed by atoms with Crippen molar-refractivity contribution in [2.24, 2.45) is 5.73 Å². The molecule has 1 unspecified atom stereocenters. The molecular weight excluding hydrogens is 414 g/mol. The summed E-state index contributed by atoms with van der Waals surface area (Å²) in [6, 6.07) is 7.49. The zero-order valence-electron chi connectivity index (χ0n) is 18.4. The van der Waals surface area contributed by atoms with E-state index in [1.807, 2.05) is 30.5 Å². The molecule has 1 aromatic heterocycles. The number of unbranched alkanes of at least 4 members (excludes halogenated alkanes) is 1. The maximum atomic E-state index is 11.2. The molecular formula is C22H31N5O3S. The Morgan fingerprint density at radius 1 is 1.23 bits per heavy atom. The summed E-state index contributed by atoms with van der Waals surface area (Å²) in [6.07, 6.45) is 3.20. The van der Waals surface area contributed by atoms with Gasteiger partial charge in [0.15, 0.2) is 6.10 Å². The summed E-state index contributed by atoms with van der Waals surface area (Å²) in [5.74, 6) is 1.43. The zero-order chi connectivity index (χ0) is 22.2. The molecule has 2 N–H and O–H groups in total. The molecule has 1 aliphatic heterocycles. The second-order valence-electron chi connectivity index (χ2n) is 7.57. The van der Waals surface area contributed by atoms with Crippen LogP contribution in [0.3, 0.4) is 0 Å². The molecule has 8 nitrogen and oxygen atoms in total. The van der Waals surface area contributed by atoms with E-state index in [-0.39, 0.29) is 0 Å². The standard InChI is InChI=1S/C22H31N5O3S/c1-4-5-14-29-21-19(15-24-22(25-21)27-12-10-26(3)11-13-27)31-18-8-6-17(7-9-18)30-16(2)20(23)28/h6-9,15-16H,4-5,10-14H2,1-3H3,(H2,23,28). The number of nitrogens with two attached hydrogens (primary N) is 1. The van der Waals surface area contributed by atoms with Crippen molar-refractivity contribution in [3.8, 4) is 11.6 Å². The number of ether oxygens (including phenoxy) is 2. The smallest absolute Gasteiger partial charge is 0.258 e. The van der Waals surface area contributed by atoms with Gasteiger partial charge in [-0.1, -0.05) is 25.1 Å². The lowest BCUT2D eigenvalue weighted by molar-refractivity contribution is -0.123. The SMILES string of the molecule is CCCCOc1nc(N2CCN(C)CC2)ncc1Sc1ccc(OC(C)C(N)=O)cc1. The Bertz CT molecular complexity index is 857. The van der Waals surface area contributed by atoms with Crippen LogP contribution in [0.25, 0.3) is 0 Å². The first-order chi connectivity index (χ1) is 15.0. The van der Waals surface area contributed by atoms with E-state index in [0.29, 0.717) is 24.2 Å². The van der Waals surface area contributed by atoms with Crippen LogP contribution in [-0.4, -0.2) is 66.7 Å². The number of hydrogen-bond donors (Lipinski definition) is 1. The number of primary amides is 1. The van der Waals surface area contributed by atoms with Crippen LogP contribution in [0.4, 0.5) is 5.95 Å². The first-order valence-electron chi connectivity index (χ1n) is 10.6. The van der Waals surface area contributed by atoms with Gasteiger partial charge >= 0.3 is 0 Å². The van der Waals surface area contributed by atoms with Gasteiger partial charge in [-0.05, 0) is 44.7 Å². The monoisotopic (exact) mass is 445 g/mol. The van der Waals surface area contributed by atoms with Gasteiger partial charge in [0, 0.05) is 31.1 Å². The third-order valence-corrected chi connectivity index (χ3v) is 6.01. The van der Waals surface area contributed by atoms with Gasteiger partial charge in [0.25, 0.3) is 5.91 Å². The first kappa shape index (κ1) is 23.1. The number of hydrogen-bond acceptors (Lipinski definition) is 8. The highest BCUT2D eigenvalue weighted by Crippen LogP contribution is 2.35. The quantitative estimate of drug-likeness (QED) is 0.558. The van der Waals surface area contributed by atoms with Crippen LogP contribution in [0, 0.1) is 0 Å². The summed E-state index contributed by atoms with van der Waals surface area (Å²) >= 11 is 1.54. The maximum absolute atomic E-state index is 11.2. The van der Waals surface area contributed by atoms with Crippen LogP contribution in [0.2, 0.25) is 0 Å². The van der Waals surface area contributed by atoms with Crippen molar-refractivity contribution in [2.45, 2.75) is 42.6 Å². The van der Waals surface area contributed by atoms with Crippen molar-refractivity contribution in [1.29, 1.82) is 0 Å². The maximum Gasteiger partial charge on any atom is 0.258 e. The Morgan fingerprint density at radius 3 is 2.58 bits per heavy atom. The second-order valence-corrected chi connectivity index (χ2v) is 8.68. The number of likely N-dealkylation sites (N-methyl/N-ethyl adjacent to an activating group) is 1. The van der Waals surface area contributed by atoms with Gasteiger partial charge in [0.2, 0.25) is 11.8 Å². The number of aromatic nitrogens is 2. The minimum atomic E-state index is -0.674. The van der Waals surface area contributed by atoms with Gasteiger partial charge in [0.05, 0.1) is 17.7 Å². The van der Waals surface area contributed by atoms with E-state index in [0.717, 1.165) is 48.8 Å². The molecule has 168 valence electrons. The van der Waals surface area contributed by atoms with Crippen molar-refractivity contribution in [3.63, 3.8) is 0 Å². The molecule has 1 aromatic carbocycles. The van der Waals surface area contributed by atoms with Crippen LogP contribution in [-0.2, 0) is 4.79 Å². The Hall–Kier alpha value is -2.52. The number of amides is 1. The number of piperazine rings is 1. The Labute approximate surface area is 188 Å². The molecule has 31 heavy (non-hydrogen) atoms. The number of anilines is 1. The Kier molecular flexibility index (Phi) is 8.36. The summed E-state index contributed by atoms with van der Waals surface area (Å²) in [5.41, 5.74) is 5.25. The first-order valence-corrected chi connectivity index (χ1v) is 11.4. The van der Waals surface area contributed by atoms with E-state index in [2.05, 4.69) is 28.8 Å². The third kappa shape index (κ3) is 6.73. The average Bonchev–Trinajstić information content (AvgIpc) is 2.76. The molecule has 2 aromatic rings. The molecule has 2 heterocycles. The van der Waals surface area contributed by atoms with Crippen LogP contribution in [0.5, 0.6) is 11.6 Å². The van der Waals surface area contributed by atoms with Crippen molar-refractivity contribution < 1.29 is 14.3 Å². The van der Waals surface area contributed by atoms with Crippen molar-refractivity contribution in [1.82, 2.24) is 14.9 Å². The summed E-state index contributed by atoms with van der Waals surface area (Å²) in [6.45, 7) is 8.19. The lowest BCUT2D eigenvalue weighted by Gasteiger charge is -2.32. The Balaban J connectivity index is 1.73. The number of benzene rings is 1. The van der Waals surface area contributed by atoms with E-state index in [1.54, 1.807) is 6.92 Å². The van der Waals surface area contributed by atoms with Gasteiger partial charge < -0.3 is 25.0 Å². The minimum absolute atomic E-state index is 0.495. The minimum Gasteiger partial charge on any atom is -0.481 e. The molecule has 1 fully saturated rings. The predicted octanol–water partition coefficient (Wildman–Crippen LogP) is 2.81. The summed E-state index contributed by atoms with van der Waals surface area (Å²) in [5, 5.41) is 0. The van der Waals surface area contributed by atoms with E-state index in [9.17, 15) is 4.79 Å². The average molecular weight is 446 g/mol. The molecule has 9 heteroatoms. The second kappa shape index (κ2) is 11.2. The van der Waals surface area contributed by atoms with E-state index in [1.165, 1.54) is 11.8 Å². The molecule has 0 bridgehead atoms. The molecule has 0 aliphatic carbocycles. The number of carbonyl (C=O) groups is 1. The fourth-order valence-corrected chi connectivity index (χ4v) is 3.79. The lowest BCUT2D eigenvalue weighted by Crippen LogP contribution is -2.45. The van der Waals surface area contributed by atoms with Gasteiger partial charge in [-0.3, -0.25) is 4.79 Å². The molecule has 1 saturated heterocycles. The third-order valence-electron chi connectivity index (χ3n) is 5.00. The van der Waals surface area contributed by atoms with Crippen molar-refractivity contribution >= 4 is 23.6 Å². The predicted molar refractivity (Wildman–Crippen MR) is 122 cm³/mol. The Morgan fingerprint density at radius 2 is 1.94 bits per heavy atom. The normalized spacial score (nSPS) is 15.5. The van der Waals surface area contributed by atoms with Crippen molar-refractivity contribution in [3.05, 3.63) is 30.5 Å². The fraction of sp³-hybridized carbons (Fsp3) is 0.500. The van der Waals surface area contributed by atoms with Crippen LogP contribution in [0.15, 0.2) is 40.3 Å². The van der Waals surface area contributed by atoms with Gasteiger partial charge in [-0.15, -0.1) is 0 Å². The topological polar surface area (TPSA) is 93.8 Å². The molecule has 1 amide bonds. The fourth-order valence-electron chi connectivity index (χ4n) is 2.97. The zero-order valence-corrected chi connectivity index (χ0v) is 19.2. The number of carbonyl (C=O) groups excluding carboxylic acids is 1. The van der Waals surface area contributed by atoms with Crippen LogP contribution < -0.4 is 20.1 Å². The highest BCUT2D eigenvalue weighted by atomic mass is 32.2. The number of nitrogens with zero attached hydrogens (tertiary/aromatic N) is 4. The molecule has 1 atom stereocenters. The van der Waals surface area contributed by atoms with Crippen LogP contribution >= 0.6 is 11.8 Å². The largest absolute Gasteiger partial charge is 0.481 e. The van der Waals surface area contributed by atoms with Crippen molar-refractivity contribution in [2.75, 3.05) is 44.7 Å². The van der Waals surface area contributed by atoms with Gasteiger partial charge in [0.1, 0.15) is 5.75 Å². The van der Waals surface area contributed by atoms with Gasteiger partial charge in [-0.2, -0.15) is 4.98 Å². The number of rotatable bonds is 10. The van der Waals surface area contributed by atoms with E-state index < -0.39 is 12.0 Å². The molecule has 3 rings (SSSR count). The molecule has 0 saturated carbocycles. The van der Waals surface area contributed by atoms with E-state index >= 15 is 0 Å². The summed E-state index contributed by atoms with van der Waals surface area (Å²) in [4.78, 5) is 26.9. The highest BCUT2D eigenvalue weighted by Gasteiger charge is 2.19. The summed E-state index contributed by atoms with van der Waals surface area (Å²) < 4.78 is 11.5. The van der Waals surface area contributed by atoms with Crippen LogP contribution in [0.1, 0.15) is 26.7 Å². The molecule has 0 spiro atoms. The van der Waals surface area contributed by atoms with E-state index in [4.69, 9.17) is 20.2 Å². The highest BCUT2D eigenvalue weighted by molar-refractivity contribution is 7.99. The molecule has 0 radical (unpaired) electrons. The summed E-state index contributed by atoms with van der Waals surface area (Å²) in [7, 11) is 2.13. The lowest BCUT2D eigenvalue weighted by atomic mass is 10.3. The van der Waals surface area contributed by atoms with Gasteiger partial charge in [-0.25, -0.2) is 4.98 Å².